The molecule has 0 aliphatic rings. The van der Waals surface area contributed by atoms with Gasteiger partial charge in [-0.05, 0) is 64.8 Å². The van der Waals surface area contributed by atoms with Gasteiger partial charge < -0.3 is 5.73 Å². The minimum atomic E-state index is 0.629. The van der Waals surface area contributed by atoms with Crippen molar-refractivity contribution >= 4 is 39.3 Å². The van der Waals surface area contributed by atoms with E-state index in [1.54, 1.807) is 11.8 Å². The Bertz CT molecular complexity index is 545. The van der Waals surface area contributed by atoms with Gasteiger partial charge in [0.25, 0.3) is 0 Å². The van der Waals surface area contributed by atoms with Crippen LogP contribution in [0.3, 0.4) is 0 Å². The molecule has 0 aliphatic carbocycles. The summed E-state index contributed by atoms with van der Waals surface area (Å²) in [7, 11) is 0. The first-order valence-corrected chi connectivity index (χ1v) is 7.60. The van der Waals surface area contributed by atoms with Crippen LogP contribution in [0.2, 0.25) is 5.02 Å². The van der Waals surface area contributed by atoms with E-state index in [1.807, 2.05) is 30.3 Å². The minimum absolute atomic E-state index is 0.629. The Morgan fingerprint density at radius 2 is 1.89 bits per heavy atom. The molecule has 0 heterocycles. The maximum Gasteiger partial charge on any atom is 0.0409 e. The molecule has 0 radical (unpaired) electrons. The molecule has 0 atom stereocenters. The van der Waals surface area contributed by atoms with Gasteiger partial charge in [0.15, 0.2) is 0 Å². The molecule has 2 aromatic carbocycles. The van der Waals surface area contributed by atoms with Crippen LogP contribution in [0.15, 0.2) is 56.7 Å². The molecule has 18 heavy (non-hydrogen) atoms. The molecule has 2 rings (SSSR count). The molecule has 0 fully saturated rings. The second-order valence-corrected chi connectivity index (χ2v) is 6.20. The first-order valence-electron chi connectivity index (χ1n) is 5.61. The highest BCUT2D eigenvalue weighted by atomic mass is 79.9. The number of hydrogen-bond acceptors (Lipinski definition) is 2. The molecular formula is C14H13BrClNS. The second-order valence-electron chi connectivity index (χ2n) is 3.82. The van der Waals surface area contributed by atoms with E-state index in [0.29, 0.717) is 6.54 Å². The second kappa shape index (κ2) is 6.62. The Labute approximate surface area is 125 Å². The quantitative estimate of drug-likeness (QED) is 0.867. The van der Waals surface area contributed by atoms with Crippen molar-refractivity contribution in [3.63, 3.8) is 0 Å². The van der Waals surface area contributed by atoms with Crippen LogP contribution in [0.1, 0.15) is 5.56 Å². The summed E-state index contributed by atoms with van der Waals surface area (Å²) in [6.45, 7) is 0.629. The number of rotatable bonds is 4. The van der Waals surface area contributed by atoms with E-state index in [4.69, 9.17) is 17.3 Å². The molecule has 0 bridgehead atoms. The number of benzene rings is 2. The van der Waals surface area contributed by atoms with E-state index in [-0.39, 0.29) is 0 Å². The average molecular weight is 343 g/mol. The molecule has 2 N–H and O–H groups in total. The number of halogens is 2. The zero-order valence-corrected chi connectivity index (χ0v) is 12.9. The van der Waals surface area contributed by atoms with E-state index in [9.17, 15) is 0 Å². The van der Waals surface area contributed by atoms with Crippen molar-refractivity contribution in [2.45, 2.75) is 16.2 Å². The summed E-state index contributed by atoms with van der Waals surface area (Å²) in [5.41, 5.74) is 6.84. The Morgan fingerprint density at radius 1 is 1.11 bits per heavy atom. The zero-order chi connectivity index (χ0) is 13.0. The standard InChI is InChI=1S/C14H13BrClNS/c15-12-3-1-2-4-14(12)18-13-6-5-11(16)9-10(13)7-8-17/h1-6,9H,7-8,17H2. The Hall–Kier alpha value is -0.480. The molecule has 0 amide bonds. The van der Waals surface area contributed by atoms with Crippen molar-refractivity contribution in [2.75, 3.05) is 6.54 Å². The summed E-state index contributed by atoms with van der Waals surface area (Å²) in [5.74, 6) is 0. The first kappa shape index (κ1) is 13.9. The first-order chi connectivity index (χ1) is 8.70. The fraction of sp³-hybridized carbons (Fsp3) is 0.143. The molecule has 0 saturated heterocycles. The lowest BCUT2D eigenvalue weighted by Gasteiger charge is -2.10. The molecule has 0 spiro atoms. The average Bonchev–Trinajstić information content (AvgIpc) is 2.35. The topological polar surface area (TPSA) is 26.0 Å². The van der Waals surface area contributed by atoms with Crippen LogP contribution in [0.4, 0.5) is 0 Å². The highest BCUT2D eigenvalue weighted by Gasteiger charge is 2.07. The van der Waals surface area contributed by atoms with Gasteiger partial charge in [-0.25, -0.2) is 0 Å². The maximum atomic E-state index is 6.03. The van der Waals surface area contributed by atoms with Crippen LogP contribution in [0, 0.1) is 0 Å². The Morgan fingerprint density at radius 3 is 2.61 bits per heavy atom. The number of hydrogen-bond donors (Lipinski definition) is 1. The van der Waals surface area contributed by atoms with Crippen LogP contribution in [0.5, 0.6) is 0 Å². The summed E-state index contributed by atoms with van der Waals surface area (Å²) in [6.07, 6.45) is 0.841. The Kier molecular flexibility index (Phi) is 5.13. The smallest absolute Gasteiger partial charge is 0.0409 e. The van der Waals surface area contributed by atoms with Gasteiger partial charge in [0.05, 0.1) is 0 Å². The van der Waals surface area contributed by atoms with E-state index in [2.05, 4.69) is 28.1 Å². The van der Waals surface area contributed by atoms with Crippen LogP contribution < -0.4 is 5.73 Å². The van der Waals surface area contributed by atoms with Gasteiger partial charge in [-0.1, -0.05) is 35.5 Å². The van der Waals surface area contributed by atoms with Gasteiger partial charge in [0.2, 0.25) is 0 Å². The van der Waals surface area contributed by atoms with Gasteiger partial charge in [-0.15, -0.1) is 0 Å². The van der Waals surface area contributed by atoms with Crippen molar-refractivity contribution in [3.05, 3.63) is 57.5 Å². The third-order valence-electron chi connectivity index (χ3n) is 2.49. The van der Waals surface area contributed by atoms with Crippen molar-refractivity contribution in [1.82, 2.24) is 0 Å². The third-order valence-corrected chi connectivity index (χ3v) is 4.88. The van der Waals surface area contributed by atoms with Crippen LogP contribution in [-0.4, -0.2) is 6.54 Å². The summed E-state index contributed by atoms with van der Waals surface area (Å²) in [4.78, 5) is 2.40. The van der Waals surface area contributed by atoms with Gasteiger partial charge in [0.1, 0.15) is 0 Å². The van der Waals surface area contributed by atoms with Gasteiger partial charge in [-0.2, -0.15) is 0 Å². The summed E-state index contributed by atoms with van der Waals surface area (Å²) < 4.78 is 1.10. The van der Waals surface area contributed by atoms with Crippen molar-refractivity contribution in [2.24, 2.45) is 5.73 Å². The van der Waals surface area contributed by atoms with E-state index < -0.39 is 0 Å². The van der Waals surface area contributed by atoms with Crippen molar-refractivity contribution < 1.29 is 0 Å². The molecule has 1 nitrogen and oxygen atoms in total. The van der Waals surface area contributed by atoms with Gasteiger partial charge in [0, 0.05) is 19.3 Å². The van der Waals surface area contributed by atoms with Gasteiger partial charge >= 0.3 is 0 Å². The molecular weight excluding hydrogens is 330 g/mol. The summed E-state index contributed by atoms with van der Waals surface area (Å²) >= 11 is 11.3. The SMILES string of the molecule is NCCc1cc(Cl)ccc1Sc1ccccc1Br. The molecule has 0 saturated carbocycles. The highest BCUT2D eigenvalue weighted by molar-refractivity contribution is 9.10. The maximum absolute atomic E-state index is 6.03. The number of nitrogens with two attached hydrogens (primary N) is 1. The van der Waals surface area contributed by atoms with E-state index >= 15 is 0 Å². The lowest BCUT2D eigenvalue weighted by molar-refractivity contribution is 0.944. The van der Waals surface area contributed by atoms with E-state index in [1.165, 1.54) is 15.4 Å². The zero-order valence-electron chi connectivity index (χ0n) is 9.70. The molecule has 0 unspecified atom stereocenters. The van der Waals surface area contributed by atoms with Crippen LogP contribution >= 0.6 is 39.3 Å². The largest absolute Gasteiger partial charge is 0.330 e. The molecule has 0 aromatic heterocycles. The molecule has 2 aromatic rings. The lowest BCUT2D eigenvalue weighted by atomic mass is 10.1. The predicted octanol–water partition coefficient (Wildman–Crippen LogP) is 4.75. The van der Waals surface area contributed by atoms with Crippen molar-refractivity contribution in [3.8, 4) is 0 Å². The summed E-state index contributed by atoms with van der Waals surface area (Å²) in [5, 5.41) is 0.759. The molecule has 0 aliphatic heterocycles. The highest BCUT2D eigenvalue weighted by Crippen LogP contribution is 2.36. The fourth-order valence-electron chi connectivity index (χ4n) is 1.64. The minimum Gasteiger partial charge on any atom is -0.330 e. The summed E-state index contributed by atoms with van der Waals surface area (Å²) in [6, 6.07) is 14.1. The van der Waals surface area contributed by atoms with Crippen LogP contribution in [-0.2, 0) is 6.42 Å². The molecule has 4 heteroatoms. The lowest BCUT2D eigenvalue weighted by Crippen LogP contribution is -2.03. The van der Waals surface area contributed by atoms with Gasteiger partial charge in [-0.3, -0.25) is 0 Å². The van der Waals surface area contributed by atoms with Crippen molar-refractivity contribution in [1.29, 1.82) is 0 Å². The monoisotopic (exact) mass is 341 g/mol. The fourth-order valence-corrected chi connectivity index (χ4v) is 3.34. The molecule has 94 valence electrons. The predicted molar refractivity (Wildman–Crippen MR) is 82.5 cm³/mol. The van der Waals surface area contributed by atoms with Crippen LogP contribution in [0.25, 0.3) is 0 Å². The Balaban J connectivity index is 2.31. The third kappa shape index (κ3) is 3.51. The normalized spacial score (nSPS) is 10.6. The van der Waals surface area contributed by atoms with E-state index in [0.717, 1.165) is 15.9 Å².